The van der Waals surface area contributed by atoms with E-state index in [-0.39, 0.29) is 0 Å². The van der Waals surface area contributed by atoms with Gasteiger partial charge in [-0.25, -0.2) is 0 Å². The summed E-state index contributed by atoms with van der Waals surface area (Å²) in [5.41, 5.74) is 15.5. The second-order valence-electron chi connectivity index (χ2n) is 17.7. The molecule has 0 spiro atoms. The molecule has 0 aliphatic rings. The molecule has 0 fully saturated rings. The summed E-state index contributed by atoms with van der Waals surface area (Å²) >= 11 is 1.83. The predicted octanol–water partition coefficient (Wildman–Crippen LogP) is 19.7. The van der Waals surface area contributed by atoms with E-state index in [0.717, 1.165) is 84.3 Å². The van der Waals surface area contributed by atoms with E-state index in [4.69, 9.17) is 4.42 Å². The van der Waals surface area contributed by atoms with Crippen molar-refractivity contribution >= 4 is 105 Å². The Hall–Kier alpha value is -9.16. The molecule has 11 aromatic carbocycles. The Balaban J connectivity index is 1.08. The monoisotopic (exact) mass is 927 g/mol. The maximum atomic E-state index is 7.12. The van der Waals surface area contributed by atoms with E-state index in [1.807, 2.05) is 11.3 Å². The van der Waals surface area contributed by atoms with Crippen LogP contribution in [0.15, 0.2) is 277 Å². The lowest BCUT2D eigenvalue weighted by Gasteiger charge is -2.30. The number of hydrogen-bond donors (Lipinski definition) is 0. The third-order valence-electron chi connectivity index (χ3n) is 13.4. The molecule has 0 saturated carbocycles. The highest BCUT2D eigenvalue weighted by atomic mass is 32.1. The van der Waals surface area contributed by atoms with Crippen molar-refractivity contribution in [1.29, 1.82) is 0 Å². The third-order valence-corrected chi connectivity index (χ3v) is 14.6. The molecule has 0 unspecified atom stereocenters. The summed E-state index contributed by atoms with van der Waals surface area (Å²) in [6.07, 6.45) is 0. The number of furan rings is 1. The van der Waals surface area contributed by atoms with Crippen molar-refractivity contribution in [1.82, 2.24) is 0 Å². The van der Waals surface area contributed by atoms with E-state index < -0.39 is 0 Å². The number of hydrogen-bond acceptors (Lipinski definition) is 5. The summed E-state index contributed by atoms with van der Waals surface area (Å²) in [7, 11) is 0. The highest BCUT2D eigenvalue weighted by Crippen LogP contribution is 2.50. The Kier molecular flexibility index (Phi) is 10.7. The van der Waals surface area contributed by atoms with Crippen molar-refractivity contribution in [2.75, 3.05) is 14.7 Å². The highest BCUT2D eigenvalue weighted by molar-refractivity contribution is 7.25. The zero-order chi connectivity index (χ0) is 47.1. The highest BCUT2D eigenvalue weighted by Gasteiger charge is 2.25. The van der Waals surface area contributed by atoms with Gasteiger partial charge >= 0.3 is 0 Å². The Morgan fingerprint density at radius 2 is 0.662 bits per heavy atom. The largest absolute Gasteiger partial charge is 0.456 e. The van der Waals surface area contributed by atoms with Crippen LogP contribution in [0.3, 0.4) is 0 Å². The second kappa shape index (κ2) is 18.1. The van der Waals surface area contributed by atoms with Gasteiger partial charge in [-0.2, -0.15) is 0 Å². The SMILES string of the molecule is c1ccc(-c2ccc(N(c3ccc(-c4ccccc4)cc3)c3cc(N(c4ccccc4)c4ccc5sc6ccccc6c5c4)cc4oc5ccc(N(c6ccccc6)c6ccccc6)cc5c34)cc2)cc1. The van der Waals surface area contributed by atoms with E-state index in [9.17, 15) is 0 Å². The number of benzene rings is 11. The zero-order valence-corrected chi connectivity index (χ0v) is 39.5. The van der Waals surface area contributed by atoms with Crippen LogP contribution >= 0.6 is 11.3 Å². The van der Waals surface area contributed by atoms with Crippen LogP contribution in [0.25, 0.3) is 64.4 Å². The predicted molar refractivity (Wildman–Crippen MR) is 302 cm³/mol. The maximum Gasteiger partial charge on any atom is 0.139 e. The third kappa shape index (κ3) is 7.85. The lowest BCUT2D eigenvalue weighted by atomic mass is 10.0. The Morgan fingerprint density at radius 1 is 0.254 bits per heavy atom. The number of nitrogens with zero attached hydrogens (tertiary/aromatic N) is 3. The van der Waals surface area contributed by atoms with Crippen LogP contribution in [-0.4, -0.2) is 0 Å². The fraction of sp³-hybridized carbons (Fsp3) is 0. The first-order valence-electron chi connectivity index (χ1n) is 24.0. The van der Waals surface area contributed by atoms with Crippen molar-refractivity contribution < 1.29 is 4.42 Å². The van der Waals surface area contributed by atoms with Gasteiger partial charge in [-0.05, 0) is 131 Å². The molecule has 0 saturated heterocycles. The molecule has 0 aliphatic heterocycles. The molecule has 336 valence electrons. The van der Waals surface area contributed by atoms with Gasteiger partial charge in [-0.15, -0.1) is 11.3 Å². The van der Waals surface area contributed by atoms with E-state index in [0.29, 0.717) is 0 Å². The molecule has 0 atom stereocenters. The Labute approximate surface area is 416 Å². The summed E-state index contributed by atoms with van der Waals surface area (Å²) in [6, 6.07) is 97.7. The normalized spacial score (nSPS) is 11.4. The molecule has 0 aliphatic carbocycles. The topological polar surface area (TPSA) is 22.9 Å². The Bertz CT molecular complexity index is 3850. The summed E-state index contributed by atoms with van der Waals surface area (Å²) < 4.78 is 9.66. The van der Waals surface area contributed by atoms with Crippen molar-refractivity contribution in [3.63, 3.8) is 0 Å². The van der Waals surface area contributed by atoms with Crippen molar-refractivity contribution in [2.24, 2.45) is 0 Å². The first-order valence-corrected chi connectivity index (χ1v) is 24.8. The molecule has 2 aromatic heterocycles. The number of para-hydroxylation sites is 3. The number of anilines is 9. The molecule has 13 rings (SSSR count). The molecule has 0 bridgehead atoms. The van der Waals surface area contributed by atoms with Gasteiger partial charge < -0.3 is 19.1 Å². The van der Waals surface area contributed by atoms with Gasteiger partial charge in [0.1, 0.15) is 11.2 Å². The van der Waals surface area contributed by atoms with Crippen LogP contribution in [0, 0.1) is 0 Å². The number of thiophene rings is 1. The summed E-state index contributed by atoms with van der Waals surface area (Å²) in [4.78, 5) is 7.09. The van der Waals surface area contributed by atoms with Gasteiger partial charge in [0, 0.05) is 71.4 Å². The average Bonchev–Trinajstić information content (AvgIpc) is 4.01. The minimum absolute atomic E-state index is 0.783. The molecule has 4 nitrogen and oxygen atoms in total. The molecule has 0 amide bonds. The first-order chi connectivity index (χ1) is 35.2. The van der Waals surface area contributed by atoms with Crippen molar-refractivity contribution in [3.8, 4) is 22.3 Å². The van der Waals surface area contributed by atoms with E-state index in [2.05, 4.69) is 288 Å². The lowest BCUT2D eigenvalue weighted by Crippen LogP contribution is -2.13. The van der Waals surface area contributed by atoms with Gasteiger partial charge in [-0.3, -0.25) is 0 Å². The average molecular weight is 928 g/mol. The molecule has 71 heavy (non-hydrogen) atoms. The fourth-order valence-corrected chi connectivity index (χ4v) is 11.2. The first kappa shape index (κ1) is 42.0. The summed E-state index contributed by atoms with van der Waals surface area (Å²) in [6.45, 7) is 0. The van der Waals surface area contributed by atoms with Crippen LogP contribution in [0.5, 0.6) is 0 Å². The van der Waals surface area contributed by atoms with Crippen LogP contribution < -0.4 is 14.7 Å². The van der Waals surface area contributed by atoms with Gasteiger partial charge in [0.25, 0.3) is 0 Å². The number of fused-ring (bicyclic) bond motifs is 6. The van der Waals surface area contributed by atoms with Crippen LogP contribution in [-0.2, 0) is 0 Å². The van der Waals surface area contributed by atoms with E-state index in [1.54, 1.807) is 0 Å². The summed E-state index contributed by atoms with van der Waals surface area (Å²) in [5.74, 6) is 0. The lowest BCUT2D eigenvalue weighted by molar-refractivity contribution is 0.669. The van der Waals surface area contributed by atoms with E-state index >= 15 is 0 Å². The minimum atomic E-state index is 0.783. The zero-order valence-electron chi connectivity index (χ0n) is 38.6. The molecular formula is C66H45N3OS. The van der Waals surface area contributed by atoms with Gasteiger partial charge in [0.2, 0.25) is 0 Å². The van der Waals surface area contributed by atoms with Crippen LogP contribution in [0.2, 0.25) is 0 Å². The molecule has 13 aromatic rings. The fourth-order valence-electron chi connectivity index (χ4n) is 10.1. The van der Waals surface area contributed by atoms with Gasteiger partial charge in [-0.1, -0.05) is 158 Å². The van der Waals surface area contributed by atoms with Crippen LogP contribution in [0.1, 0.15) is 0 Å². The molecular weight excluding hydrogens is 883 g/mol. The van der Waals surface area contributed by atoms with Gasteiger partial charge in [0.05, 0.1) is 16.8 Å². The molecule has 5 heteroatoms. The quantitative estimate of drug-likeness (QED) is 0.129. The van der Waals surface area contributed by atoms with E-state index in [1.165, 1.54) is 31.3 Å². The van der Waals surface area contributed by atoms with Crippen molar-refractivity contribution in [2.45, 2.75) is 0 Å². The minimum Gasteiger partial charge on any atom is -0.456 e. The standard InChI is InChI=1S/C66H45N3OS/c1-6-18-46(19-7-1)48-30-34-53(35-31-48)69(54-36-32-49(33-37-54)47-20-8-2-9-21-47)61-44-57(68(52-26-14-5-15-27-52)56-39-41-65-59(42-56)58-28-16-17-29-64(58)71-65)45-63-66(61)60-43-55(38-40-62(60)70-63)67(50-22-10-3-11-23-50)51-24-12-4-13-25-51/h1-45H. The molecule has 0 radical (unpaired) electrons. The van der Waals surface area contributed by atoms with Gasteiger partial charge in [0.15, 0.2) is 0 Å². The number of rotatable bonds is 11. The molecule has 2 heterocycles. The van der Waals surface area contributed by atoms with Crippen LogP contribution in [0.4, 0.5) is 51.2 Å². The smallest absolute Gasteiger partial charge is 0.139 e. The molecule has 0 N–H and O–H groups in total. The Morgan fingerprint density at radius 3 is 1.21 bits per heavy atom. The summed E-state index contributed by atoms with van der Waals surface area (Å²) in [5, 5.41) is 4.52. The second-order valence-corrected chi connectivity index (χ2v) is 18.8. The van der Waals surface area contributed by atoms with Crippen molar-refractivity contribution in [3.05, 3.63) is 273 Å². The maximum absolute atomic E-state index is 7.12.